The van der Waals surface area contributed by atoms with E-state index in [2.05, 4.69) is 0 Å². The molecule has 1 unspecified atom stereocenters. The fourth-order valence-corrected chi connectivity index (χ4v) is 3.96. The van der Waals surface area contributed by atoms with Gasteiger partial charge in [-0.2, -0.15) is 0 Å². The summed E-state index contributed by atoms with van der Waals surface area (Å²) in [6.07, 6.45) is 2.35. The van der Waals surface area contributed by atoms with Crippen LogP contribution in [0.4, 0.5) is 0 Å². The van der Waals surface area contributed by atoms with Crippen molar-refractivity contribution >= 4 is 11.9 Å². The first kappa shape index (κ1) is 27.8. The second kappa shape index (κ2) is 12.0. The van der Waals surface area contributed by atoms with Crippen LogP contribution in [0.5, 0.6) is 17.2 Å². The van der Waals surface area contributed by atoms with Crippen LogP contribution in [0, 0.1) is 6.92 Å². The molecule has 0 N–H and O–H groups in total. The highest BCUT2D eigenvalue weighted by Crippen LogP contribution is 2.43. The number of hydrogen-bond donors (Lipinski definition) is 0. The molecule has 37 heavy (non-hydrogen) atoms. The molecule has 2 aromatic carbocycles. The summed E-state index contributed by atoms with van der Waals surface area (Å²) in [6.45, 7) is 15.3. The van der Waals surface area contributed by atoms with Gasteiger partial charge in [0.1, 0.15) is 28.6 Å². The van der Waals surface area contributed by atoms with Crippen LogP contribution in [0.1, 0.15) is 81.6 Å². The highest BCUT2D eigenvalue weighted by Gasteiger charge is 2.36. The van der Waals surface area contributed by atoms with Gasteiger partial charge in [-0.3, -0.25) is 0 Å². The molecule has 0 aromatic heterocycles. The van der Waals surface area contributed by atoms with Crippen molar-refractivity contribution in [3.63, 3.8) is 0 Å². The van der Waals surface area contributed by atoms with E-state index in [1.54, 1.807) is 13.0 Å². The van der Waals surface area contributed by atoms with Crippen molar-refractivity contribution in [1.29, 1.82) is 0 Å². The molecule has 1 aliphatic rings. The number of cyclic esters (lactones) is 1. The number of fused-ring (bicyclic) bond motifs is 1. The van der Waals surface area contributed by atoms with E-state index in [0.29, 0.717) is 34.1 Å². The first-order valence-electron chi connectivity index (χ1n) is 12.6. The highest BCUT2D eigenvalue weighted by molar-refractivity contribution is 5.98. The molecular formula is C30H36O7. The lowest BCUT2D eigenvalue weighted by atomic mass is 9.96. The predicted octanol–water partition coefficient (Wildman–Crippen LogP) is 6.62. The summed E-state index contributed by atoms with van der Waals surface area (Å²) in [5, 5.41) is 0. The van der Waals surface area contributed by atoms with Crippen LogP contribution in [-0.4, -0.2) is 30.8 Å². The summed E-state index contributed by atoms with van der Waals surface area (Å²) < 4.78 is 29.0. The third kappa shape index (κ3) is 6.94. The molecule has 0 saturated carbocycles. The molecule has 0 radical (unpaired) electrons. The maximum atomic E-state index is 13.2. The Labute approximate surface area is 219 Å². The van der Waals surface area contributed by atoms with Crippen LogP contribution in [0.25, 0.3) is 0 Å². The normalized spacial score (nSPS) is 15.5. The molecule has 0 aliphatic carbocycles. The third-order valence-corrected chi connectivity index (χ3v) is 5.51. The zero-order valence-corrected chi connectivity index (χ0v) is 22.8. The number of aryl methyl sites for hydroxylation is 1. The van der Waals surface area contributed by atoms with E-state index in [9.17, 15) is 9.59 Å². The van der Waals surface area contributed by atoms with Crippen LogP contribution in [0.2, 0.25) is 0 Å². The van der Waals surface area contributed by atoms with Gasteiger partial charge in [0.05, 0.1) is 24.9 Å². The fraction of sp³-hybridized carbons (Fsp3) is 0.400. The number of ether oxygens (including phenoxy) is 5. The number of allylic oxidation sites excluding steroid dienone is 2. The number of hydrogen-bond acceptors (Lipinski definition) is 7. The number of esters is 2. The molecule has 2 aromatic rings. The molecule has 0 fully saturated rings. The number of carbonyl (C=O) groups excluding carboxylic acids is 2. The molecule has 7 nitrogen and oxygen atoms in total. The van der Waals surface area contributed by atoms with Gasteiger partial charge in [0, 0.05) is 17.2 Å². The molecule has 1 aliphatic heterocycles. The zero-order valence-electron chi connectivity index (χ0n) is 22.8. The molecule has 1 atom stereocenters. The fourth-order valence-electron chi connectivity index (χ4n) is 3.96. The number of carbonyl (C=O) groups is 2. The van der Waals surface area contributed by atoms with E-state index in [1.807, 2.05) is 78.8 Å². The van der Waals surface area contributed by atoms with E-state index in [1.165, 1.54) is 6.08 Å². The molecule has 198 valence electrons. The zero-order chi connectivity index (χ0) is 27.3. The molecule has 0 spiro atoms. The van der Waals surface area contributed by atoms with Crippen LogP contribution < -0.4 is 14.2 Å². The molecule has 0 bridgehead atoms. The average molecular weight is 509 g/mol. The second-order valence-electron chi connectivity index (χ2n) is 9.42. The minimum absolute atomic E-state index is 0.0396. The van der Waals surface area contributed by atoms with Gasteiger partial charge < -0.3 is 23.7 Å². The number of benzene rings is 2. The Hall–Kier alpha value is -3.74. The molecule has 0 amide bonds. The second-order valence-corrected chi connectivity index (χ2v) is 9.42. The monoisotopic (exact) mass is 508 g/mol. The van der Waals surface area contributed by atoms with Crippen molar-refractivity contribution in [1.82, 2.24) is 0 Å². The van der Waals surface area contributed by atoms with Gasteiger partial charge in [-0.1, -0.05) is 12.1 Å². The van der Waals surface area contributed by atoms with Crippen LogP contribution in [0.3, 0.4) is 0 Å². The van der Waals surface area contributed by atoms with Crippen LogP contribution in [-0.2, 0) is 14.3 Å². The summed E-state index contributed by atoms with van der Waals surface area (Å²) in [7, 11) is 0. The molecular weight excluding hydrogens is 472 g/mol. The van der Waals surface area contributed by atoms with Gasteiger partial charge in [0.15, 0.2) is 6.10 Å². The lowest BCUT2D eigenvalue weighted by molar-refractivity contribution is -0.137. The first-order valence-corrected chi connectivity index (χ1v) is 12.6. The van der Waals surface area contributed by atoms with Gasteiger partial charge in [-0.15, -0.1) is 0 Å². The Kier molecular flexibility index (Phi) is 9.03. The van der Waals surface area contributed by atoms with E-state index in [4.69, 9.17) is 23.7 Å². The molecule has 0 saturated heterocycles. The minimum atomic E-state index is -0.671. The van der Waals surface area contributed by atoms with Gasteiger partial charge in [0.2, 0.25) is 0 Å². The lowest BCUT2D eigenvalue weighted by Gasteiger charge is -2.18. The van der Waals surface area contributed by atoms with Gasteiger partial charge >= 0.3 is 11.9 Å². The summed E-state index contributed by atoms with van der Waals surface area (Å²) in [5.74, 6) is 0.825. The van der Waals surface area contributed by atoms with Gasteiger partial charge in [0.25, 0.3) is 0 Å². The summed E-state index contributed by atoms with van der Waals surface area (Å²) in [4.78, 5) is 25.3. The van der Waals surface area contributed by atoms with Crippen molar-refractivity contribution in [2.24, 2.45) is 0 Å². The van der Waals surface area contributed by atoms with E-state index in [-0.39, 0.29) is 18.8 Å². The Morgan fingerprint density at radius 3 is 2.19 bits per heavy atom. The van der Waals surface area contributed by atoms with E-state index in [0.717, 1.165) is 16.7 Å². The summed E-state index contributed by atoms with van der Waals surface area (Å²) >= 11 is 0. The summed E-state index contributed by atoms with van der Waals surface area (Å²) in [5.41, 5.74) is 3.31. The highest BCUT2D eigenvalue weighted by atomic mass is 16.6. The Morgan fingerprint density at radius 2 is 1.65 bits per heavy atom. The van der Waals surface area contributed by atoms with Crippen molar-refractivity contribution in [3.05, 3.63) is 76.1 Å². The van der Waals surface area contributed by atoms with Crippen molar-refractivity contribution < 1.29 is 33.3 Å². The maximum Gasteiger partial charge on any atom is 0.343 e. The topological polar surface area (TPSA) is 80.3 Å². The lowest BCUT2D eigenvalue weighted by Crippen LogP contribution is -2.10. The Bertz CT molecular complexity index is 1190. The SMILES string of the molecule is C/C=C(C)/C(=C/C(=O)OCC)Oc1cc(C)cc2c1C(=O)OC2c1cc(OC(C)C)cc(OC(C)C)c1. The molecule has 3 rings (SSSR count). The first-order chi connectivity index (χ1) is 17.5. The standard InChI is InChI=1S/C30H36O7/c1-9-20(8)25(16-27(31)33-10-2)36-26-12-19(7)11-24-28(26)30(32)37-29(24)21-13-22(34-17(3)4)15-23(14-21)35-18(5)6/h9,11-18,29H,10H2,1-8H3/b20-9+,25-16-. The minimum Gasteiger partial charge on any atom is -0.491 e. The Morgan fingerprint density at radius 1 is 1.03 bits per heavy atom. The quantitative estimate of drug-likeness (QED) is 0.154. The molecule has 7 heteroatoms. The Balaban J connectivity index is 2.09. The number of rotatable bonds is 10. The van der Waals surface area contributed by atoms with Crippen LogP contribution >= 0.6 is 0 Å². The van der Waals surface area contributed by atoms with E-state index >= 15 is 0 Å². The van der Waals surface area contributed by atoms with Gasteiger partial charge in [-0.25, -0.2) is 9.59 Å². The third-order valence-electron chi connectivity index (χ3n) is 5.51. The average Bonchev–Trinajstić information content (AvgIpc) is 3.13. The summed E-state index contributed by atoms with van der Waals surface area (Å²) in [6, 6.07) is 9.22. The van der Waals surface area contributed by atoms with Crippen LogP contribution in [0.15, 0.2) is 53.8 Å². The van der Waals surface area contributed by atoms with E-state index < -0.39 is 18.0 Å². The van der Waals surface area contributed by atoms with Gasteiger partial charge in [-0.05, 0) is 84.7 Å². The maximum absolute atomic E-state index is 13.2. The van der Waals surface area contributed by atoms with Crippen molar-refractivity contribution in [2.45, 2.75) is 73.7 Å². The largest absolute Gasteiger partial charge is 0.491 e. The predicted molar refractivity (Wildman–Crippen MR) is 141 cm³/mol. The molecule has 1 heterocycles. The van der Waals surface area contributed by atoms with Crippen molar-refractivity contribution in [3.8, 4) is 17.2 Å². The van der Waals surface area contributed by atoms with Crippen molar-refractivity contribution in [2.75, 3.05) is 6.61 Å². The smallest absolute Gasteiger partial charge is 0.343 e.